The quantitative estimate of drug-likeness (QED) is 0.265. The van der Waals surface area contributed by atoms with E-state index in [9.17, 15) is 14.4 Å². The van der Waals surface area contributed by atoms with Crippen molar-refractivity contribution in [1.82, 2.24) is 5.32 Å². The predicted octanol–water partition coefficient (Wildman–Crippen LogP) is 5.59. The van der Waals surface area contributed by atoms with Crippen LogP contribution in [-0.4, -0.2) is 29.4 Å². The second-order valence-corrected chi connectivity index (χ2v) is 10.1. The van der Waals surface area contributed by atoms with E-state index in [1.165, 1.54) is 0 Å². The van der Waals surface area contributed by atoms with E-state index in [0.717, 1.165) is 16.7 Å². The van der Waals surface area contributed by atoms with Gasteiger partial charge in [-0.05, 0) is 79.8 Å². The molecule has 0 aliphatic carbocycles. The summed E-state index contributed by atoms with van der Waals surface area (Å²) in [5.74, 6) is -2.10. The minimum Gasteiger partial charge on any atom is -0.388 e. The summed E-state index contributed by atoms with van der Waals surface area (Å²) in [7, 11) is 0. The van der Waals surface area contributed by atoms with Crippen molar-refractivity contribution in [3.05, 3.63) is 94.0 Å². The van der Waals surface area contributed by atoms with Crippen molar-refractivity contribution in [3.63, 3.8) is 0 Å². The largest absolute Gasteiger partial charge is 0.388 e. The van der Waals surface area contributed by atoms with Crippen LogP contribution < -0.4 is 11.1 Å². The van der Waals surface area contributed by atoms with E-state index in [1.54, 1.807) is 42.5 Å². The molecule has 0 bridgehead atoms. The second kappa shape index (κ2) is 12.2. The van der Waals surface area contributed by atoms with E-state index in [2.05, 4.69) is 5.32 Å². The van der Waals surface area contributed by atoms with Crippen LogP contribution in [0.1, 0.15) is 42.6 Å². The molecule has 0 spiro atoms. The minimum absolute atomic E-state index is 0.0354. The third-order valence-electron chi connectivity index (χ3n) is 5.56. The van der Waals surface area contributed by atoms with E-state index in [1.807, 2.05) is 44.2 Å². The van der Waals surface area contributed by atoms with Crippen molar-refractivity contribution in [2.24, 2.45) is 5.73 Å². The smallest absolute Gasteiger partial charge is 0.345 e. The minimum atomic E-state index is -0.908. The maximum atomic E-state index is 13.0. The summed E-state index contributed by atoms with van der Waals surface area (Å²) in [6, 6.07) is 20.5. The highest BCUT2D eigenvalue weighted by atomic mass is 35.5. The number of carbonyl (C=O) groups excluding carboxylic acids is 3. The van der Waals surface area contributed by atoms with Crippen LogP contribution in [-0.2, 0) is 20.7 Å². The first-order valence-electron chi connectivity index (χ1n) is 11.4. The Balaban J connectivity index is 1.69. The monoisotopic (exact) mass is 526 g/mol. The fraction of sp³-hybridized carbons (Fsp3) is 0.250. The summed E-state index contributed by atoms with van der Waals surface area (Å²) in [6.07, 6.45) is 0.634. The summed E-state index contributed by atoms with van der Waals surface area (Å²) in [4.78, 5) is 37.0. The van der Waals surface area contributed by atoms with Gasteiger partial charge in [-0.1, -0.05) is 59.6 Å². The van der Waals surface area contributed by atoms with E-state index in [0.29, 0.717) is 16.5 Å². The maximum absolute atomic E-state index is 13.0. The Kier molecular flexibility index (Phi) is 9.26. The van der Waals surface area contributed by atoms with Crippen molar-refractivity contribution in [2.75, 3.05) is 0 Å². The van der Waals surface area contributed by atoms with Gasteiger partial charge in [-0.3, -0.25) is 10.1 Å². The molecule has 0 radical (unpaired) electrons. The van der Waals surface area contributed by atoms with Gasteiger partial charge in [0.25, 0.3) is 0 Å². The number of hydrogen-bond acceptors (Lipinski definition) is 5. The third-order valence-corrected chi connectivity index (χ3v) is 6.05. The molecule has 0 unspecified atom stereocenters. The number of ether oxygens (including phenoxy) is 1. The molecule has 3 N–H and O–H groups in total. The lowest BCUT2D eigenvalue weighted by Gasteiger charge is -2.31. The Labute approximate surface area is 220 Å². The molecule has 0 heterocycles. The molecule has 1 amide bonds. The highest BCUT2D eigenvalue weighted by Gasteiger charge is 2.30. The summed E-state index contributed by atoms with van der Waals surface area (Å²) in [5, 5.41) is 4.46. The average Bonchev–Trinajstić information content (AvgIpc) is 2.83. The molecule has 36 heavy (non-hydrogen) atoms. The zero-order valence-electron chi connectivity index (χ0n) is 20.1. The number of carbonyl (C=O) groups is 3. The molecule has 0 saturated heterocycles. The Morgan fingerprint density at radius 2 is 1.58 bits per heavy atom. The third kappa shape index (κ3) is 8.19. The summed E-state index contributed by atoms with van der Waals surface area (Å²) >= 11 is 12.0. The SMILES string of the molecule is CC(C)(Cc1ccc(Cl)cc1)N[C@@H](CCC(N)=O)C(=O)OC(=O)c1ccc(-c2cccc(Cl)c2)cc1. The topological polar surface area (TPSA) is 98.5 Å². The molecule has 6 nitrogen and oxygen atoms in total. The molecule has 8 heteroatoms. The van der Waals surface area contributed by atoms with E-state index >= 15 is 0 Å². The first kappa shape index (κ1) is 27.4. The Bertz CT molecular complexity index is 1230. The molecule has 0 aromatic heterocycles. The zero-order chi connectivity index (χ0) is 26.3. The van der Waals surface area contributed by atoms with Crippen LogP contribution in [0.25, 0.3) is 11.1 Å². The van der Waals surface area contributed by atoms with Gasteiger partial charge in [0.2, 0.25) is 5.91 Å². The molecular formula is C28H28Cl2N2O4. The van der Waals surface area contributed by atoms with Gasteiger partial charge in [-0.2, -0.15) is 0 Å². The van der Waals surface area contributed by atoms with Crippen molar-refractivity contribution in [3.8, 4) is 11.1 Å². The molecule has 0 fully saturated rings. The highest BCUT2D eigenvalue weighted by molar-refractivity contribution is 6.31. The molecule has 0 aliphatic heterocycles. The number of benzene rings is 3. The number of rotatable bonds is 10. The highest BCUT2D eigenvalue weighted by Crippen LogP contribution is 2.23. The zero-order valence-corrected chi connectivity index (χ0v) is 21.6. The van der Waals surface area contributed by atoms with E-state index < -0.39 is 29.4 Å². The first-order chi connectivity index (χ1) is 17.0. The van der Waals surface area contributed by atoms with Gasteiger partial charge >= 0.3 is 11.9 Å². The normalized spacial score (nSPS) is 12.1. The molecule has 1 atom stereocenters. The van der Waals surface area contributed by atoms with Crippen molar-refractivity contribution < 1.29 is 19.1 Å². The maximum Gasteiger partial charge on any atom is 0.345 e. The molecule has 3 rings (SSSR count). The molecule has 0 aliphatic rings. The lowest BCUT2D eigenvalue weighted by Crippen LogP contribution is -2.51. The van der Waals surface area contributed by atoms with Crippen LogP contribution in [0.15, 0.2) is 72.8 Å². The van der Waals surface area contributed by atoms with Crippen molar-refractivity contribution >= 4 is 41.0 Å². The molecule has 3 aromatic rings. The van der Waals surface area contributed by atoms with Crippen LogP contribution in [0, 0.1) is 0 Å². The van der Waals surface area contributed by atoms with Crippen LogP contribution in [0.5, 0.6) is 0 Å². The molecule has 3 aromatic carbocycles. The fourth-order valence-electron chi connectivity index (χ4n) is 3.86. The standard InChI is InChI=1S/C28H28Cl2N2O4/c1-28(2,17-18-6-12-22(29)13-7-18)32-24(14-15-25(31)33)27(35)36-26(34)20-10-8-19(9-11-20)21-4-3-5-23(30)16-21/h3-13,16,24,32H,14-15,17H2,1-2H3,(H2,31,33)/t24-/m0/s1. The summed E-state index contributed by atoms with van der Waals surface area (Å²) < 4.78 is 5.18. The van der Waals surface area contributed by atoms with E-state index in [-0.39, 0.29) is 18.4 Å². The number of primary amides is 1. The Hall–Kier alpha value is -3.19. The van der Waals surface area contributed by atoms with Crippen LogP contribution >= 0.6 is 23.2 Å². The van der Waals surface area contributed by atoms with Crippen LogP contribution in [0.3, 0.4) is 0 Å². The van der Waals surface area contributed by atoms with Gasteiger partial charge in [0.05, 0.1) is 5.56 Å². The number of halogens is 2. The number of amides is 1. The number of hydrogen-bond donors (Lipinski definition) is 2. The Morgan fingerprint density at radius 3 is 2.19 bits per heavy atom. The molecule has 188 valence electrons. The number of esters is 2. The molecule has 0 saturated carbocycles. The summed E-state index contributed by atoms with van der Waals surface area (Å²) in [6.45, 7) is 3.84. The van der Waals surface area contributed by atoms with Gasteiger partial charge in [-0.25, -0.2) is 9.59 Å². The number of nitrogens with one attached hydrogen (secondary N) is 1. The van der Waals surface area contributed by atoms with Gasteiger partial charge in [0.1, 0.15) is 6.04 Å². The van der Waals surface area contributed by atoms with E-state index in [4.69, 9.17) is 33.7 Å². The number of nitrogens with two attached hydrogens (primary N) is 1. The van der Waals surface area contributed by atoms with Crippen molar-refractivity contribution in [2.45, 2.75) is 44.7 Å². The van der Waals surface area contributed by atoms with Crippen LogP contribution in [0.2, 0.25) is 10.0 Å². The van der Waals surface area contributed by atoms with Gasteiger partial charge in [0.15, 0.2) is 0 Å². The van der Waals surface area contributed by atoms with Gasteiger partial charge in [-0.15, -0.1) is 0 Å². The Morgan fingerprint density at radius 1 is 0.917 bits per heavy atom. The fourth-order valence-corrected chi connectivity index (χ4v) is 4.18. The summed E-state index contributed by atoms with van der Waals surface area (Å²) in [5.41, 5.74) is 7.74. The predicted molar refractivity (Wildman–Crippen MR) is 142 cm³/mol. The van der Waals surface area contributed by atoms with Crippen LogP contribution in [0.4, 0.5) is 0 Å². The molecular weight excluding hydrogens is 499 g/mol. The van der Waals surface area contributed by atoms with Gasteiger partial charge in [0, 0.05) is 22.0 Å². The van der Waals surface area contributed by atoms with Gasteiger partial charge < -0.3 is 10.5 Å². The average molecular weight is 527 g/mol. The first-order valence-corrected chi connectivity index (χ1v) is 12.2. The lowest BCUT2D eigenvalue weighted by atomic mass is 9.93. The second-order valence-electron chi connectivity index (χ2n) is 9.19. The van der Waals surface area contributed by atoms with Crippen molar-refractivity contribution in [1.29, 1.82) is 0 Å². The lowest BCUT2D eigenvalue weighted by molar-refractivity contribution is -0.141.